The van der Waals surface area contributed by atoms with Gasteiger partial charge in [-0.3, -0.25) is 0 Å². The van der Waals surface area contributed by atoms with Gasteiger partial charge in [0.15, 0.2) is 0 Å². The second-order valence-corrected chi connectivity index (χ2v) is 5.25. The van der Waals surface area contributed by atoms with Crippen LogP contribution in [-0.2, 0) is 24.6 Å². The van der Waals surface area contributed by atoms with Crippen LogP contribution in [0.3, 0.4) is 0 Å². The van der Waals surface area contributed by atoms with Crippen molar-refractivity contribution in [1.82, 2.24) is 0 Å². The van der Waals surface area contributed by atoms with E-state index in [1.807, 2.05) is 0 Å². The number of hydrogen-bond donors (Lipinski definition) is 2. The van der Waals surface area contributed by atoms with Gasteiger partial charge >= 0.3 is 0 Å². The van der Waals surface area contributed by atoms with Crippen LogP contribution in [-0.4, -0.2) is 35.9 Å². The zero-order chi connectivity index (χ0) is 15.8. The lowest BCUT2D eigenvalue weighted by Crippen LogP contribution is -2.17. The summed E-state index contributed by atoms with van der Waals surface area (Å²) >= 11 is 0. The maximum Gasteiger partial charge on any atom is 0.0853 e. The third-order valence-electron chi connectivity index (χ3n) is 3.25. The molecule has 0 saturated heterocycles. The highest BCUT2D eigenvalue weighted by molar-refractivity contribution is 4.57. The molecular formula is C14H30O7. The van der Waals surface area contributed by atoms with Gasteiger partial charge in [0.1, 0.15) is 0 Å². The topological polar surface area (TPSA) is 86.6 Å². The lowest BCUT2D eigenvalue weighted by molar-refractivity contribution is -0.490. The molecule has 0 bridgehead atoms. The van der Waals surface area contributed by atoms with Crippen molar-refractivity contribution in [1.29, 1.82) is 0 Å². The van der Waals surface area contributed by atoms with Gasteiger partial charge in [-0.2, -0.15) is 0 Å². The highest BCUT2D eigenvalue weighted by Gasteiger charge is 2.08. The van der Waals surface area contributed by atoms with Gasteiger partial charge in [0.25, 0.3) is 0 Å². The lowest BCUT2D eigenvalue weighted by Gasteiger charge is -2.19. The molecule has 0 amide bonds. The summed E-state index contributed by atoms with van der Waals surface area (Å²) in [5.41, 5.74) is 0. The summed E-state index contributed by atoms with van der Waals surface area (Å²) in [6.45, 7) is 5.01. The third kappa shape index (κ3) is 15.9. The smallest absolute Gasteiger partial charge is 0.0853 e. The molecule has 0 radical (unpaired) electrons. The first-order valence-electron chi connectivity index (χ1n) is 7.72. The lowest BCUT2D eigenvalue weighted by atomic mass is 10.1. The van der Waals surface area contributed by atoms with E-state index in [4.69, 9.17) is 15.3 Å². The first kappa shape index (κ1) is 20.7. The zero-order valence-corrected chi connectivity index (χ0v) is 13.2. The zero-order valence-electron chi connectivity index (χ0n) is 13.2. The Hall–Kier alpha value is -0.280. The molecule has 128 valence electrons. The molecular weight excluding hydrogens is 280 g/mol. The van der Waals surface area contributed by atoms with E-state index in [1.165, 1.54) is 0 Å². The monoisotopic (exact) mass is 310 g/mol. The second kappa shape index (κ2) is 16.1. The molecule has 7 heteroatoms. The SMILES string of the molecule is CC(CCCCCOOO)OC(C)CCCCCOOO. The Morgan fingerprint density at radius 1 is 0.667 bits per heavy atom. The van der Waals surface area contributed by atoms with Crippen LogP contribution in [0.15, 0.2) is 0 Å². The molecule has 2 atom stereocenters. The van der Waals surface area contributed by atoms with E-state index in [9.17, 15) is 0 Å². The fraction of sp³-hybridized carbons (Fsp3) is 1.00. The van der Waals surface area contributed by atoms with E-state index in [1.54, 1.807) is 0 Å². The molecule has 0 aromatic carbocycles. The van der Waals surface area contributed by atoms with Gasteiger partial charge in [0.05, 0.1) is 25.4 Å². The van der Waals surface area contributed by atoms with Crippen molar-refractivity contribution >= 4 is 0 Å². The van der Waals surface area contributed by atoms with Crippen molar-refractivity contribution < 1.29 is 35.1 Å². The molecule has 0 saturated carbocycles. The summed E-state index contributed by atoms with van der Waals surface area (Å²) in [6.07, 6.45) is 8.46. The summed E-state index contributed by atoms with van der Waals surface area (Å²) < 4.78 is 5.91. The number of rotatable bonds is 16. The van der Waals surface area contributed by atoms with Gasteiger partial charge in [0, 0.05) is 0 Å². The molecule has 0 aromatic rings. The molecule has 0 aliphatic heterocycles. The molecule has 0 aliphatic rings. The van der Waals surface area contributed by atoms with Crippen LogP contribution in [0, 0.1) is 0 Å². The Labute approximate surface area is 126 Å². The quantitative estimate of drug-likeness (QED) is 0.255. The predicted octanol–water partition coefficient (Wildman–Crippen LogP) is 3.74. The minimum absolute atomic E-state index is 0.251. The Balaban J connectivity index is 3.33. The molecule has 0 aliphatic carbocycles. The van der Waals surface area contributed by atoms with Crippen LogP contribution in [0.4, 0.5) is 0 Å². The van der Waals surface area contributed by atoms with Crippen molar-refractivity contribution in [2.24, 2.45) is 0 Å². The fourth-order valence-corrected chi connectivity index (χ4v) is 2.15. The Bertz CT molecular complexity index is 184. The average molecular weight is 310 g/mol. The van der Waals surface area contributed by atoms with E-state index in [2.05, 4.69) is 33.7 Å². The molecule has 0 aromatic heterocycles. The van der Waals surface area contributed by atoms with Gasteiger partial charge in [-0.25, -0.2) is 20.3 Å². The van der Waals surface area contributed by atoms with Crippen molar-refractivity contribution in [3.05, 3.63) is 0 Å². The Morgan fingerprint density at radius 2 is 1.10 bits per heavy atom. The molecule has 7 nitrogen and oxygen atoms in total. The van der Waals surface area contributed by atoms with E-state index in [-0.39, 0.29) is 12.2 Å². The fourth-order valence-electron chi connectivity index (χ4n) is 2.15. The summed E-state index contributed by atoms with van der Waals surface area (Å²) in [6, 6.07) is 0. The van der Waals surface area contributed by atoms with Crippen LogP contribution >= 0.6 is 0 Å². The van der Waals surface area contributed by atoms with Crippen molar-refractivity contribution in [3.63, 3.8) is 0 Å². The molecule has 0 heterocycles. The van der Waals surface area contributed by atoms with Crippen LogP contribution < -0.4 is 0 Å². The largest absolute Gasteiger partial charge is 0.376 e. The number of hydrogen-bond acceptors (Lipinski definition) is 7. The van der Waals surface area contributed by atoms with Gasteiger partial charge in [-0.1, -0.05) is 35.8 Å². The molecule has 2 unspecified atom stereocenters. The third-order valence-corrected chi connectivity index (χ3v) is 3.25. The van der Waals surface area contributed by atoms with Crippen LogP contribution in [0.1, 0.15) is 65.2 Å². The van der Waals surface area contributed by atoms with Gasteiger partial charge in [-0.15, -0.1) is 0 Å². The van der Waals surface area contributed by atoms with E-state index in [0.29, 0.717) is 13.2 Å². The van der Waals surface area contributed by atoms with Crippen molar-refractivity contribution in [3.8, 4) is 0 Å². The molecule has 21 heavy (non-hydrogen) atoms. The predicted molar refractivity (Wildman–Crippen MR) is 76.3 cm³/mol. The Morgan fingerprint density at radius 3 is 1.48 bits per heavy atom. The summed E-state index contributed by atoms with van der Waals surface area (Å²) in [4.78, 5) is 8.76. The number of unbranched alkanes of at least 4 members (excludes halogenated alkanes) is 4. The minimum Gasteiger partial charge on any atom is -0.376 e. The highest BCUT2D eigenvalue weighted by atomic mass is 17.5. The van der Waals surface area contributed by atoms with Crippen LogP contribution in [0.5, 0.6) is 0 Å². The van der Waals surface area contributed by atoms with Crippen LogP contribution in [0.2, 0.25) is 0 Å². The Kier molecular flexibility index (Phi) is 15.9. The summed E-state index contributed by atoms with van der Waals surface area (Å²) in [7, 11) is 0. The van der Waals surface area contributed by atoms with E-state index in [0.717, 1.165) is 51.4 Å². The molecule has 0 rings (SSSR count). The van der Waals surface area contributed by atoms with Crippen molar-refractivity contribution in [2.75, 3.05) is 13.2 Å². The standard InChI is InChI=1S/C14H30O7/c1-13(9-5-3-7-11-17-20-15)19-14(2)10-6-4-8-12-18-21-16/h13-16H,3-12H2,1-2H3. The maximum absolute atomic E-state index is 7.97. The molecule has 0 spiro atoms. The normalized spacial score (nSPS) is 14.3. The van der Waals surface area contributed by atoms with Gasteiger partial charge in [0.2, 0.25) is 0 Å². The first-order valence-corrected chi connectivity index (χ1v) is 7.72. The molecule has 2 N–H and O–H groups in total. The first-order chi connectivity index (χ1) is 10.2. The minimum atomic E-state index is 0.251. The molecule has 0 fully saturated rings. The summed E-state index contributed by atoms with van der Waals surface area (Å²) in [5.74, 6) is 0. The van der Waals surface area contributed by atoms with E-state index >= 15 is 0 Å². The number of ether oxygens (including phenoxy) is 1. The van der Waals surface area contributed by atoms with Crippen molar-refractivity contribution in [2.45, 2.75) is 77.4 Å². The van der Waals surface area contributed by atoms with Crippen LogP contribution in [0.25, 0.3) is 0 Å². The second-order valence-electron chi connectivity index (χ2n) is 5.25. The average Bonchev–Trinajstić information content (AvgIpc) is 2.46. The van der Waals surface area contributed by atoms with Gasteiger partial charge in [-0.05, 0) is 39.5 Å². The maximum atomic E-state index is 7.97. The van der Waals surface area contributed by atoms with E-state index < -0.39 is 0 Å². The highest BCUT2D eigenvalue weighted by Crippen LogP contribution is 2.13. The van der Waals surface area contributed by atoms with Gasteiger partial charge < -0.3 is 4.74 Å². The summed E-state index contributed by atoms with van der Waals surface area (Å²) in [5, 5.41) is 23.0.